The van der Waals surface area contributed by atoms with Gasteiger partial charge in [-0.1, -0.05) is 63.9 Å². The summed E-state index contributed by atoms with van der Waals surface area (Å²) in [6.45, 7) is 14.2. The first-order valence-corrected chi connectivity index (χ1v) is 25.4. The number of benzene rings is 1. The van der Waals surface area contributed by atoms with E-state index in [0.29, 0.717) is 29.8 Å². The minimum atomic E-state index is -1.36. The number of alkyl carbamates (subject to hydrolysis) is 2. The first-order chi connectivity index (χ1) is 33.4. The highest BCUT2D eigenvalue weighted by Crippen LogP contribution is 2.23. The molecule has 2 aliphatic rings. The van der Waals surface area contributed by atoms with Crippen LogP contribution in [0.3, 0.4) is 0 Å². The molecule has 1 saturated carbocycles. The largest absolute Gasteiger partial charge is 0.480 e. The molecule has 7 amide bonds. The van der Waals surface area contributed by atoms with E-state index in [1.165, 1.54) is 11.8 Å². The van der Waals surface area contributed by atoms with Gasteiger partial charge in [0.05, 0.1) is 0 Å². The summed E-state index contributed by atoms with van der Waals surface area (Å²) in [7, 11) is 0. The number of halogens is 1. The quantitative estimate of drug-likeness (QED) is 0.0348. The van der Waals surface area contributed by atoms with Gasteiger partial charge in [-0.05, 0) is 123 Å². The van der Waals surface area contributed by atoms with E-state index in [2.05, 4.69) is 31.9 Å². The van der Waals surface area contributed by atoms with Crippen LogP contribution in [0.25, 0.3) is 0 Å². The fourth-order valence-electron chi connectivity index (χ4n) is 8.28. The Morgan fingerprint density at radius 3 is 1.89 bits per heavy atom. The van der Waals surface area contributed by atoms with Crippen LogP contribution in [-0.4, -0.2) is 125 Å². The highest BCUT2D eigenvalue weighted by atomic mass is 35.5. The Balaban J connectivity index is 1.71. The number of likely N-dealkylation sites (tertiary alicyclic amines) is 1. The number of rotatable bonds is 26. The average Bonchev–Trinajstić information content (AvgIpc) is 3.78. The van der Waals surface area contributed by atoms with Gasteiger partial charge in [0.2, 0.25) is 29.5 Å². The molecule has 398 valence electrons. The number of nitrogens with zero attached hydrogens (tertiary/aromatic N) is 1. The number of carbonyl (C=O) groups is 9. The molecule has 21 heteroatoms. The standard InChI is InChI=1S/C50H78ClN7O13/c1-30(2)27-38(43(61)55-37(47(65)66)21-14-15-25-52-48(67)69-29-33-17-12-13-20-35(33)51)57-44(62)39(28-31(3)4)56-42(60)36(23-24-41(59)70-34-18-10-9-11-19-34)54-45(63)40-22-16-26-58(40)46(64)32(5)53-49(68)71-50(6,7)8/h12-13,17,20,30-32,34,36-40H,9-11,14-16,18-19,21-29H2,1-8H3,(H,52,67)(H,53,68)(H,54,63)(H,55,61)(H,56,60)(H,57,62)(H,65,66)/t32-,36+,37+,38+,39+,40+/m1/s1. The van der Waals surface area contributed by atoms with Crippen molar-refractivity contribution in [3.05, 3.63) is 34.9 Å². The average molecular weight is 1020 g/mol. The van der Waals surface area contributed by atoms with Gasteiger partial charge in [-0.2, -0.15) is 0 Å². The number of carbonyl (C=O) groups excluding carboxylic acids is 8. The maximum absolute atomic E-state index is 14.3. The predicted octanol–water partition coefficient (Wildman–Crippen LogP) is 5.41. The fraction of sp³-hybridized carbons (Fsp3) is 0.700. The van der Waals surface area contributed by atoms with Gasteiger partial charge in [-0.3, -0.25) is 28.8 Å². The molecule has 1 aliphatic heterocycles. The van der Waals surface area contributed by atoms with Gasteiger partial charge in [-0.25, -0.2) is 14.4 Å². The number of aliphatic carboxylic acids is 1. The van der Waals surface area contributed by atoms with Crippen molar-refractivity contribution in [1.29, 1.82) is 0 Å². The smallest absolute Gasteiger partial charge is 0.408 e. The Morgan fingerprint density at radius 1 is 0.718 bits per heavy atom. The Morgan fingerprint density at radius 2 is 1.31 bits per heavy atom. The summed E-state index contributed by atoms with van der Waals surface area (Å²) in [5.41, 5.74) is -0.175. The van der Waals surface area contributed by atoms with Crippen LogP contribution in [0.4, 0.5) is 9.59 Å². The molecule has 3 rings (SSSR count). The van der Waals surface area contributed by atoms with Gasteiger partial charge in [-0.15, -0.1) is 0 Å². The molecule has 0 bridgehead atoms. The lowest BCUT2D eigenvalue weighted by molar-refractivity contribution is -0.151. The van der Waals surface area contributed by atoms with Crippen LogP contribution in [0.15, 0.2) is 24.3 Å². The van der Waals surface area contributed by atoms with Gasteiger partial charge in [0.1, 0.15) is 54.6 Å². The number of amides is 7. The summed E-state index contributed by atoms with van der Waals surface area (Å²) in [6, 6.07) is -0.246. The lowest BCUT2D eigenvalue weighted by atomic mass is 9.98. The monoisotopic (exact) mass is 1020 g/mol. The third kappa shape index (κ3) is 22.1. The number of hydrogen-bond acceptors (Lipinski definition) is 12. The van der Waals surface area contributed by atoms with E-state index < -0.39 is 95.5 Å². The van der Waals surface area contributed by atoms with Crippen molar-refractivity contribution in [2.75, 3.05) is 13.1 Å². The Bertz CT molecular complexity index is 1970. The lowest BCUT2D eigenvalue weighted by Gasteiger charge is -2.30. The third-order valence-electron chi connectivity index (χ3n) is 11.9. The predicted molar refractivity (Wildman–Crippen MR) is 264 cm³/mol. The highest BCUT2D eigenvalue weighted by Gasteiger charge is 2.39. The first kappa shape index (κ1) is 59.6. The number of nitrogens with one attached hydrogen (secondary N) is 6. The SMILES string of the molecule is CC(C)C[C@H](NC(=O)[C@H](CC(C)C)NC(=O)[C@H](CCC(=O)OC1CCCCC1)NC(=O)[C@@H]1CCCN1C(=O)[C@@H](C)NC(=O)OC(C)(C)C)C(=O)N[C@@H](CCCCNC(=O)OCc1ccccc1Cl)C(=O)O. The fourth-order valence-corrected chi connectivity index (χ4v) is 8.47. The third-order valence-corrected chi connectivity index (χ3v) is 12.2. The molecule has 0 radical (unpaired) electrons. The zero-order valence-electron chi connectivity index (χ0n) is 42.7. The zero-order valence-corrected chi connectivity index (χ0v) is 43.5. The Hall–Kier alpha value is -5.66. The van der Waals surface area contributed by atoms with E-state index >= 15 is 0 Å². The molecule has 20 nitrogen and oxygen atoms in total. The molecule has 1 aromatic carbocycles. The van der Waals surface area contributed by atoms with Crippen molar-refractivity contribution < 1.29 is 62.5 Å². The maximum atomic E-state index is 14.3. The van der Waals surface area contributed by atoms with Crippen molar-refractivity contribution in [3.63, 3.8) is 0 Å². The Labute approximate surface area is 422 Å². The summed E-state index contributed by atoms with van der Waals surface area (Å²) in [6.07, 6.45) is 3.81. The Kier molecular flexibility index (Phi) is 24.9. The topological polar surface area (TPSA) is 277 Å². The molecule has 7 N–H and O–H groups in total. The van der Waals surface area contributed by atoms with E-state index in [9.17, 15) is 48.3 Å². The van der Waals surface area contributed by atoms with Crippen LogP contribution < -0.4 is 31.9 Å². The normalized spacial score (nSPS) is 17.2. The number of unbranched alkanes of at least 4 members (excludes halogenated alkanes) is 1. The van der Waals surface area contributed by atoms with Gasteiger partial charge in [0.25, 0.3) is 0 Å². The maximum Gasteiger partial charge on any atom is 0.408 e. The molecule has 6 atom stereocenters. The molecule has 0 unspecified atom stereocenters. The minimum Gasteiger partial charge on any atom is -0.480 e. The molecule has 1 aliphatic carbocycles. The van der Waals surface area contributed by atoms with Crippen LogP contribution in [0.5, 0.6) is 0 Å². The zero-order chi connectivity index (χ0) is 52.8. The van der Waals surface area contributed by atoms with E-state index in [0.717, 1.165) is 32.1 Å². The number of ether oxygens (including phenoxy) is 3. The number of carboxylic acid groups (broad SMARTS) is 1. The summed E-state index contributed by atoms with van der Waals surface area (Å²) >= 11 is 6.11. The second kappa shape index (κ2) is 29.6. The van der Waals surface area contributed by atoms with Crippen LogP contribution >= 0.6 is 11.6 Å². The van der Waals surface area contributed by atoms with E-state index in [4.69, 9.17) is 25.8 Å². The van der Waals surface area contributed by atoms with E-state index in [1.54, 1.807) is 45.0 Å². The summed E-state index contributed by atoms with van der Waals surface area (Å²) in [4.78, 5) is 121. The summed E-state index contributed by atoms with van der Waals surface area (Å²) < 4.78 is 16.2. The van der Waals surface area contributed by atoms with Crippen LogP contribution in [0.1, 0.15) is 151 Å². The molecule has 1 heterocycles. The number of esters is 1. The molecule has 0 spiro atoms. The van der Waals surface area contributed by atoms with Crippen molar-refractivity contribution in [3.8, 4) is 0 Å². The minimum absolute atomic E-state index is 0.0158. The molecule has 71 heavy (non-hydrogen) atoms. The molecule has 1 saturated heterocycles. The second-order valence-corrected chi connectivity index (χ2v) is 20.7. The van der Waals surface area contributed by atoms with Crippen LogP contribution in [-0.2, 0) is 54.4 Å². The van der Waals surface area contributed by atoms with Gasteiger partial charge < -0.3 is 56.1 Å². The van der Waals surface area contributed by atoms with Gasteiger partial charge in [0, 0.05) is 30.1 Å². The van der Waals surface area contributed by atoms with Gasteiger partial charge in [0.15, 0.2) is 0 Å². The number of hydrogen-bond donors (Lipinski definition) is 7. The summed E-state index contributed by atoms with van der Waals surface area (Å²) in [5.74, 6) is -5.62. The first-order valence-electron chi connectivity index (χ1n) is 25.0. The van der Waals surface area contributed by atoms with Crippen molar-refractivity contribution in [2.24, 2.45) is 11.8 Å². The molecular weight excluding hydrogens is 942 g/mol. The second-order valence-electron chi connectivity index (χ2n) is 20.3. The van der Waals surface area contributed by atoms with Crippen molar-refractivity contribution in [2.45, 2.75) is 200 Å². The molecule has 2 fully saturated rings. The summed E-state index contributed by atoms with van der Waals surface area (Å²) in [5, 5.41) is 26.3. The van der Waals surface area contributed by atoms with Crippen molar-refractivity contribution in [1.82, 2.24) is 36.8 Å². The molecule has 0 aromatic heterocycles. The molecule has 1 aromatic rings. The van der Waals surface area contributed by atoms with E-state index in [-0.39, 0.29) is 76.2 Å². The highest BCUT2D eigenvalue weighted by molar-refractivity contribution is 6.31. The molecular formula is C50H78ClN7O13. The van der Waals surface area contributed by atoms with Gasteiger partial charge >= 0.3 is 24.1 Å². The van der Waals surface area contributed by atoms with Crippen LogP contribution in [0.2, 0.25) is 5.02 Å². The van der Waals surface area contributed by atoms with Crippen LogP contribution in [0, 0.1) is 11.8 Å². The number of carboxylic acids is 1. The lowest BCUT2D eigenvalue weighted by Crippen LogP contribution is -2.59. The van der Waals surface area contributed by atoms with Crippen molar-refractivity contribution >= 4 is 65.3 Å². The van der Waals surface area contributed by atoms with E-state index in [1.807, 2.05) is 27.7 Å².